The predicted molar refractivity (Wildman–Crippen MR) is 51.2 cm³/mol. The number of hydrogen-bond donors (Lipinski definition) is 2. The summed E-state index contributed by atoms with van der Waals surface area (Å²) in [5, 5.41) is 16.1. The molecule has 78 valence electrons. The van der Waals surface area contributed by atoms with E-state index in [1.807, 2.05) is 0 Å². The highest BCUT2D eigenvalue weighted by Crippen LogP contribution is 2.20. The van der Waals surface area contributed by atoms with Crippen molar-refractivity contribution < 1.29 is 9.84 Å². The zero-order valence-electron chi connectivity index (χ0n) is 8.08. The lowest BCUT2D eigenvalue weighted by Gasteiger charge is -2.08. The molecule has 0 saturated carbocycles. The van der Waals surface area contributed by atoms with Crippen LogP contribution in [-0.2, 0) is 0 Å². The van der Waals surface area contributed by atoms with Crippen LogP contribution in [0, 0.1) is 0 Å². The summed E-state index contributed by atoms with van der Waals surface area (Å²) in [6, 6.07) is 1.69. The standard InChI is InChI=1S/C9H10N4O2/c1-15-7-2-6(3-10-4-7)8(14)9-11-5-12-13-9/h2-5,8,14H,1H3,(H,11,12,13). The molecule has 2 N–H and O–H groups in total. The lowest BCUT2D eigenvalue weighted by atomic mass is 10.1. The van der Waals surface area contributed by atoms with Gasteiger partial charge in [0.05, 0.1) is 13.3 Å². The molecule has 0 bridgehead atoms. The second kappa shape index (κ2) is 4.05. The Morgan fingerprint density at radius 2 is 2.33 bits per heavy atom. The fourth-order valence-electron chi connectivity index (χ4n) is 1.20. The van der Waals surface area contributed by atoms with E-state index in [0.29, 0.717) is 17.1 Å². The van der Waals surface area contributed by atoms with E-state index in [9.17, 15) is 5.11 Å². The van der Waals surface area contributed by atoms with Crippen molar-refractivity contribution in [3.05, 3.63) is 36.2 Å². The highest BCUT2D eigenvalue weighted by molar-refractivity contribution is 5.27. The fourth-order valence-corrected chi connectivity index (χ4v) is 1.20. The number of rotatable bonds is 3. The molecule has 0 aliphatic carbocycles. The van der Waals surface area contributed by atoms with Gasteiger partial charge in [0.2, 0.25) is 0 Å². The molecule has 6 nitrogen and oxygen atoms in total. The maximum atomic E-state index is 9.87. The van der Waals surface area contributed by atoms with Gasteiger partial charge in [0, 0.05) is 11.8 Å². The minimum atomic E-state index is -0.866. The molecule has 2 rings (SSSR count). The summed E-state index contributed by atoms with van der Waals surface area (Å²) in [7, 11) is 1.54. The highest BCUT2D eigenvalue weighted by Gasteiger charge is 2.14. The van der Waals surface area contributed by atoms with Crippen LogP contribution in [0.3, 0.4) is 0 Å². The van der Waals surface area contributed by atoms with E-state index in [1.165, 1.54) is 6.33 Å². The maximum Gasteiger partial charge on any atom is 0.157 e. The van der Waals surface area contributed by atoms with Gasteiger partial charge in [-0.3, -0.25) is 10.1 Å². The zero-order valence-corrected chi connectivity index (χ0v) is 8.08. The summed E-state index contributed by atoms with van der Waals surface area (Å²) in [5.41, 5.74) is 0.603. The average Bonchev–Trinajstić information content (AvgIpc) is 2.81. The molecule has 0 radical (unpaired) electrons. The second-order valence-corrected chi connectivity index (χ2v) is 2.93. The Bertz CT molecular complexity index is 429. The SMILES string of the molecule is COc1cncc(C(O)c2ncn[nH]2)c1. The Morgan fingerprint density at radius 3 is 3.00 bits per heavy atom. The molecule has 0 amide bonds. The Morgan fingerprint density at radius 1 is 1.47 bits per heavy atom. The van der Waals surface area contributed by atoms with Gasteiger partial charge in [0.1, 0.15) is 18.2 Å². The molecule has 2 heterocycles. The summed E-state index contributed by atoms with van der Waals surface area (Å²) in [4.78, 5) is 7.80. The molecule has 0 saturated heterocycles. The van der Waals surface area contributed by atoms with Crippen LogP contribution < -0.4 is 4.74 Å². The second-order valence-electron chi connectivity index (χ2n) is 2.93. The average molecular weight is 206 g/mol. The van der Waals surface area contributed by atoms with Crippen LogP contribution in [0.25, 0.3) is 0 Å². The first-order valence-electron chi connectivity index (χ1n) is 4.33. The summed E-state index contributed by atoms with van der Waals surface area (Å²) >= 11 is 0. The highest BCUT2D eigenvalue weighted by atomic mass is 16.5. The number of methoxy groups -OCH3 is 1. The normalized spacial score (nSPS) is 12.4. The Balaban J connectivity index is 2.29. The van der Waals surface area contributed by atoms with E-state index >= 15 is 0 Å². The minimum Gasteiger partial charge on any atom is -0.495 e. The van der Waals surface area contributed by atoms with E-state index in [0.717, 1.165) is 0 Å². The van der Waals surface area contributed by atoms with Crippen molar-refractivity contribution in [3.8, 4) is 5.75 Å². The van der Waals surface area contributed by atoms with E-state index in [1.54, 1.807) is 25.6 Å². The van der Waals surface area contributed by atoms with Crippen LogP contribution in [-0.4, -0.2) is 32.4 Å². The first-order chi connectivity index (χ1) is 7.31. The van der Waals surface area contributed by atoms with Gasteiger partial charge in [0.25, 0.3) is 0 Å². The number of nitrogens with zero attached hydrogens (tertiary/aromatic N) is 3. The molecule has 0 aromatic carbocycles. The fraction of sp³-hybridized carbons (Fsp3) is 0.222. The first-order valence-corrected chi connectivity index (χ1v) is 4.33. The van der Waals surface area contributed by atoms with Crippen molar-refractivity contribution in [1.29, 1.82) is 0 Å². The van der Waals surface area contributed by atoms with Crippen LogP contribution in [0.4, 0.5) is 0 Å². The third kappa shape index (κ3) is 1.94. The lowest BCUT2D eigenvalue weighted by molar-refractivity contribution is 0.209. The summed E-state index contributed by atoms with van der Waals surface area (Å²) in [6.45, 7) is 0. The summed E-state index contributed by atoms with van der Waals surface area (Å²) < 4.78 is 5.00. The zero-order chi connectivity index (χ0) is 10.7. The van der Waals surface area contributed by atoms with Gasteiger partial charge in [-0.2, -0.15) is 5.10 Å². The van der Waals surface area contributed by atoms with Crippen molar-refractivity contribution in [2.45, 2.75) is 6.10 Å². The predicted octanol–water partition coefficient (Wildman–Crippen LogP) is 0.290. The third-order valence-corrected chi connectivity index (χ3v) is 1.98. The van der Waals surface area contributed by atoms with Crippen LogP contribution in [0.15, 0.2) is 24.8 Å². The van der Waals surface area contributed by atoms with Gasteiger partial charge in [-0.15, -0.1) is 0 Å². The molecule has 1 atom stereocenters. The minimum absolute atomic E-state index is 0.380. The quantitative estimate of drug-likeness (QED) is 0.754. The third-order valence-electron chi connectivity index (χ3n) is 1.98. The Kier molecular flexibility index (Phi) is 2.59. The van der Waals surface area contributed by atoms with Crippen molar-refractivity contribution in [3.63, 3.8) is 0 Å². The van der Waals surface area contributed by atoms with Gasteiger partial charge >= 0.3 is 0 Å². The van der Waals surface area contributed by atoms with Gasteiger partial charge in [-0.25, -0.2) is 4.98 Å². The molecule has 0 fully saturated rings. The molecule has 6 heteroatoms. The van der Waals surface area contributed by atoms with Crippen LogP contribution >= 0.6 is 0 Å². The molecular formula is C9H10N4O2. The number of pyridine rings is 1. The topological polar surface area (TPSA) is 83.9 Å². The van der Waals surface area contributed by atoms with Gasteiger partial charge in [-0.1, -0.05) is 0 Å². The molecule has 0 aliphatic rings. The molecule has 15 heavy (non-hydrogen) atoms. The Labute approximate surface area is 86.0 Å². The number of aliphatic hydroxyl groups excluding tert-OH is 1. The van der Waals surface area contributed by atoms with Crippen molar-refractivity contribution in [1.82, 2.24) is 20.2 Å². The van der Waals surface area contributed by atoms with Crippen molar-refractivity contribution in [2.24, 2.45) is 0 Å². The number of aliphatic hydroxyl groups is 1. The van der Waals surface area contributed by atoms with E-state index in [2.05, 4.69) is 20.2 Å². The molecular weight excluding hydrogens is 196 g/mol. The van der Waals surface area contributed by atoms with Crippen LogP contribution in [0.5, 0.6) is 5.75 Å². The lowest BCUT2D eigenvalue weighted by Crippen LogP contribution is -2.03. The molecule has 0 aliphatic heterocycles. The maximum absolute atomic E-state index is 9.87. The number of aromatic amines is 1. The molecule has 2 aromatic rings. The first kappa shape index (κ1) is 9.60. The smallest absolute Gasteiger partial charge is 0.157 e. The molecule has 1 unspecified atom stereocenters. The summed E-state index contributed by atoms with van der Waals surface area (Å²) in [6.07, 6.45) is 3.59. The van der Waals surface area contributed by atoms with Gasteiger partial charge in [0.15, 0.2) is 5.82 Å². The number of nitrogens with one attached hydrogen (secondary N) is 1. The number of ether oxygens (including phenoxy) is 1. The molecule has 2 aromatic heterocycles. The van der Waals surface area contributed by atoms with E-state index in [-0.39, 0.29) is 0 Å². The Hall–Kier alpha value is -1.95. The number of H-pyrrole nitrogens is 1. The summed E-state index contributed by atoms with van der Waals surface area (Å²) in [5.74, 6) is 0.969. The van der Waals surface area contributed by atoms with Crippen LogP contribution in [0.1, 0.15) is 17.5 Å². The van der Waals surface area contributed by atoms with Gasteiger partial charge < -0.3 is 9.84 Å². The van der Waals surface area contributed by atoms with Crippen molar-refractivity contribution >= 4 is 0 Å². The number of aromatic nitrogens is 4. The largest absolute Gasteiger partial charge is 0.495 e. The number of hydrogen-bond acceptors (Lipinski definition) is 5. The van der Waals surface area contributed by atoms with Crippen molar-refractivity contribution in [2.75, 3.05) is 7.11 Å². The van der Waals surface area contributed by atoms with E-state index < -0.39 is 6.10 Å². The van der Waals surface area contributed by atoms with Gasteiger partial charge in [-0.05, 0) is 6.07 Å². The monoisotopic (exact) mass is 206 g/mol. The van der Waals surface area contributed by atoms with Crippen LogP contribution in [0.2, 0.25) is 0 Å². The molecule has 0 spiro atoms. The van der Waals surface area contributed by atoms with E-state index in [4.69, 9.17) is 4.74 Å².